The molecule has 4 nitrogen and oxygen atoms in total. The number of benzene rings is 1. The highest BCUT2D eigenvalue weighted by atomic mass is 79.9. The first-order valence-electron chi connectivity index (χ1n) is 5.23. The molecule has 102 valence electrons. The molecular formula is C10H13BrF2N2O2S. The number of rotatable bonds is 6. The van der Waals surface area contributed by atoms with Gasteiger partial charge in [-0.15, -0.1) is 0 Å². The lowest BCUT2D eigenvalue weighted by Crippen LogP contribution is -2.26. The smallest absolute Gasteiger partial charge is 0.243 e. The second-order valence-electron chi connectivity index (χ2n) is 3.59. The topological polar surface area (TPSA) is 72.2 Å². The van der Waals surface area contributed by atoms with Crippen LogP contribution in [0.2, 0.25) is 0 Å². The zero-order valence-corrected chi connectivity index (χ0v) is 11.8. The Morgan fingerprint density at radius 2 is 1.89 bits per heavy atom. The van der Waals surface area contributed by atoms with Crippen LogP contribution in [0, 0.1) is 11.6 Å². The van der Waals surface area contributed by atoms with Crippen LogP contribution in [-0.2, 0) is 10.0 Å². The zero-order valence-electron chi connectivity index (χ0n) is 9.42. The number of hydrogen-bond donors (Lipinski definition) is 2. The van der Waals surface area contributed by atoms with Gasteiger partial charge in [-0.1, -0.05) is 0 Å². The van der Waals surface area contributed by atoms with E-state index < -0.39 is 26.6 Å². The fourth-order valence-corrected chi connectivity index (χ4v) is 2.72. The quantitative estimate of drug-likeness (QED) is 0.611. The molecule has 1 aromatic carbocycles. The predicted octanol–water partition coefficient (Wildman–Crippen LogP) is 1.74. The largest absolute Gasteiger partial charge is 0.330 e. The maximum Gasteiger partial charge on any atom is 0.243 e. The van der Waals surface area contributed by atoms with E-state index >= 15 is 0 Å². The van der Waals surface area contributed by atoms with Crippen molar-refractivity contribution in [3.8, 4) is 0 Å². The molecule has 8 heteroatoms. The molecule has 0 spiro atoms. The maximum atomic E-state index is 13.5. The number of sulfonamides is 1. The van der Waals surface area contributed by atoms with Crippen molar-refractivity contribution >= 4 is 26.0 Å². The summed E-state index contributed by atoms with van der Waals surface area (Å²) in [7, 11) is -4.04. The molecule has 0 radical (unpaired) electrons. The monoisotopic (exact) mass is 342 g/mol. The average Bonchev–Trinajstić information content (AvgIpc) is 2.29. The van der Waals surface area contributed by atoms with E-state index in [1.807, 2.05) is 0 Å². The summed E-state index contributed by atoms with van der Waals surface area (Å²) in [6, 6.07) is 1.43. The van der Waals surface area contributed by atoms with Gasteiger partial charge in [0.2, 0.25) is 10.0 Å². The summed E-state index contributed by atoms with van der Waals surface area (Å²) < 4.78 is 52.2. The fourth-order valence-electron chi connectivity index (χ4n) is 1.26. The van der Waals surface area contributed by atoms with Gasteiger partial charge >= 0.3 is 0 Å². The standard InChI is InChI=1S/C10H13BrF2N2O2S/c11-7-5-9(13)10(6-8(7)12)18(16,17)15-4-2-1-3-14/h5-6,15H,1-4,14H2. The summed E-state index contributed by atoms with van der Waals surface area (Å²) in [6.45, 7) is 0.583. The number of halogens is 3. The van der Waals surface area contributed by atoms with Crippen molar-refractivity contribution in [1.29, 1.82) is 0 Å². The van der Waals surface area contributed by atoms with Gasteiger partial charge in [0.25, 0.3) is 0 Å². The second-order valence-corrected chi connectivity index (χ2v) is 6.18. The minimum Gasteiger partial charge on any atom is -0.330 e. The molecule has 0 aliphatic rings. The minimum absolute atomic E-state index is 0.123. The summed E-state index contributed by atoms with van der Waals surface area (Å²) in [6.07, 6.45) is 1.19. The van der Waals surface area contributed by atoms with Crippen LogP contribution in [0.1, 0.15) is 12.8 Å². The van der Waals surface area contributed by atoms with Gasteiger partial charge in [0.15, 0.2) is 0 Å². The number of hydrogen-bond acceptors (Lipinski definition) is 3. The van der Waals surface area contributed by atoms with Crippen molar-refractivity contribution in [2.24, 2.45) is 5.73 Å². The molecule has 0 saturated carbocycles. The second kappa shape index (κ2) is 6.55. The van der Waals surface area contributed by atoms with Gasteiger partial charge < -0.3 is 5.73 Å². The number of unbranched alkanes of at least 4 members (excludes halogenated alkanes) is 1. The molecular weight excluding hydrogens is 330 g/mol. The van der Waals surface area contributed by atoms with E-state index in [9.17, 15) is 17.2 Å². The Morgan fingerprint density at radius 3 is 2.50 bits per heavy atom. The fraction of sp³-hybridized carbons (Fsp3) is 0.400. The molecule has 0 bridgehead atoms. The van der Waals surface area contributed by atoms with E-state index in [0.29, 0.717) is 25.5 Å². The molecule has 0 aliphatic carbocycles. The van der Waals surface area contributed by atoms with Crippen LogP contribution in [0.25, 0.3) is 0 Å². The zero-order chi connectivity index (χ0) is 13.8. The van der Waals surface area contributed by atoms with Crippen LogP contribution < -0.4 is 10.5 Å². The normalized spacial score (nSPS) is 11.8. The van der Waals surface area contributed by atoms with E-state index in [1.165, 1.54) is 0 Å². The van der Waals surface area contributed by atoms with Crippen molar-refractivity contribution in [3.63, 3.8) is 0 Å². The molecule has 0 heterocycles. The van der Waals surface area contributed by atoms with Crippen molar-refractivity contribution in [2.75, 3.05) is 13.1 Å². The summed E-state index contributed by atoms with van der Waals surface area (Å²) in [5.74, 6) is -1.84. The Labute approximate surface area is 113 Å². The highest BCUT2D eigenvalue weighted by Gasteiger charge is 2.20. The predicted molar refractivity (Wildman–Crippen MR) is 67.5 cm³/mol. The molecule has 0 unspecified atom stereocenters. The molecule has 0 aliphatic heterocycles. The maximum absolute atomic E-state index is 13.5. The van der Waals surface area contributed by atoms with Crippen LogP contribution in [0.15, 0.2) is 21.5 Å². The molecule has 0 aromatic heterocycles. The molecule has 1 rings (SSSR count). The summed E-state index contributed by atoms with van der Waals surface area (Å²) >= 11 is 2.78. The van der Waals surface area contributed by atoms with Gasteiger partial charge in [-0.3, -0.25) is 0 Å². The van der Waals surface area contributed by atoms with Crippen LogP contribution in [0.4, 0.5) is 8.78 Å². The Bertz CT molecular complexity index is 523. The van der Waals surface area contributed by atoms with Gasteiger partial charge in [0.05, 0.1) is 4.47 Å². The van der Waals surface area contributed by atoms with E-state index in [2.05, 4.69) is 20.7 Å². The van der Waals surface area contributed by atoms with Crippen molar-refractivity contribution in [3.05, 3.63) is 28.2 Å². The molecule has 18 heavy (non-hydrogen) atoms. The summed E-state index contributed by atoms with van der Waals surface area (Å²) in [5, 5.41) is 0. The lowest BCUT2D eigenvalue weighted by atomic mass is 10.3. The molecule has 0 fully saturated rings. The van der Waals surface area contributed by atoms with Gasteiger partial charge in [-0.25, -0.2) is 21.9 Å². The Morgan fingerprint density at radius 1 is 1.22 bits per heavy atom. The van der Waals surface area contributed by atoms with Gasteiger partial charge in [-0.05, 0) is 47.4 Å². The lowest BCUT2D eigenvalue weighted by molar-refractivity contribution is 0.542. The molecule has 0 saturated heterocycles. The molecule has 3 N–H and O–H groups in total. The first-order chi connectivity index (χ1) is 8.38. The van der Waals surface area contributed by atoms with Crippen molar-refractivity contribution in [1.82, 2.24) is 4.72 Å². The van der Waals surface area contributed by atoms with Crippen LogP contribution in [0.3, 0.4) is 0 Å². The van der Waals surface area contributed by atoms with Crippen molar-refractivity contribution < 1.29 is 17.2 Å². The van der Waals surface area contributed by atoms with Crippen molar-refractivity contribution in [2.45, 2.75) is 17.7 Å². The summed E-state index contributed by atoms with van der Waals surface area (Å²) in [5.41, 5.74) is 5.26. The first-order valence-corrected chi connectivity index (χ1v) is 7.50. The lowest BCUT2D eigenvalue weighted by Gasteiger charge is -2.08. The van der Waals surface area contributed by atoms with Crippen LogP contribution in [0.5, 0.6) is 0 Å². The first kappa shape index (κ1) is 15.5. The highest BCUT2D eigenvalue weighted by molar-refractivity contribution is 9.10. The van der Waals surface area contributed by atoms with E-state index in [1.54, 1.807) is 0 Å². The van der Waals surface area contributed by atoms with E-state index in [-0.39, 0.29) is 11.0 Å². The number of nitrogens with one attached hydrogen (secondary N) is 1. The molecule has 0 atom stereocenters. The van der Waals surface area contributed by atoms with Crippen LogP contribution >= 0.6 is 15.9 Å². The Hall–Kier alpha value is -0.570. The third kappa shape index (κ3) is 3.98. The van der Waals surface area contributed by atoms with E-state index in [4.69, 9.17) is 5.73 Å². The Kier molecular flexibility index (Phi) is 5.64. The summed E-state index contributed by atoms with van der Waals surface area (Å²) in [4.78, 5) is -0.698. The molecule has 1 aromatic rings. The minimum atomic E-state index is -4.04. The number of nitrogens with two attached hydrogens (primary N) is 1. The third-order valence-corrected chi connectivity index (χ3v) is 4.27. The molecule has 0 amide bonds. The van der Waals surface area contributed by atoms with Crippen LogP contribution in [-0.4, -0.2) is 21.5 Å². The Balaban J connectivity index is 2.88. The van der Waals surface area contributed by atoms with Gasteiger partial charge in [0.1, 0.15) is 16.5 Å². The highest BCUT2D eigenvalue weighted by Crippen LogP contribution is 2.22. The van der Waals surface area contributed by atoms with Gasteiger partial charge in [0, 0.05) is 6.54 Å². The third-order valence-electron chi connectivity index (χ3n) is 2.19. The van der Waals surface area contributed by atoms with E-state index in [0.717, 1.165) is 6.07 Å². The van der Waals surface area contributed by atoms with Gasteiger partial charge in [-0.2, -0.15) is 0 Å². The SMILES string of the molecule is NCCCCNS(=O)(=O)c1cc(F)c(Br)cc1F. The average molecular weight is 343 g/mol.